The number of urea groups is 1. The molecule has 2 rings (SSSR count). The number of carbonyl (C=O) groups excluding carboxylic acids is 1. The molecule has 0 saturated carbocycles. The molecule has 1 aliphatic rings. The molecule has 1 fully saturated rings. The van der Waals surface area contributed by atoms with Gasteiger partial charge in [0.25, 0.3) is 0 Å². The largest absolute Gasteiger partial charge is 0.373 e. The molecule has 1 saturated heterocycles. The maximum absolute atomic E-state index is 12.4. The Hall–Kier alpha value is -1.64. The zero-order valence-electron chi connectivity index (χ0n) is 15.2. The van der Waals surface area contributed by atoms with Crippen LogP contribution in [0.3, 0.4) is 0 Å². The van der Waals surface area contributed by atoms with E-state index in [9.17, 15) is 13.2 Å². The molecule has 0 aliphatic carbocycles. The van der Waals surface area contributed by atoms with Gasteiger partial charge in [0.05, 0.1) is 18.0 Å². The topological polar surface area (TPSA) is 87.7 Å². The van der Waals surface area contributed by atoms with Crippen LogP contribution in [0.4, 0.5) is 10.5 Å². The standard InChI is InChI=1S/C17H27N3O4S/c1-12-5-6-16(13(2)9-12)19-17(21)18-7-8-25(22,23)20-10-14(3)24-15(4)11-20/h5-6,9,14-15H,7-8,10-11H2,1-4H3,(H2,18,19,21). The van der Waals surface area contributed by atoms with Crippen molar-refractivity contribution in [3.05, 3.63) is 29.3 Å². The van der Waals surface area contributed by atoms with E-state index in [4.69, 9.17) is 4.74 Å². The van der Waals surface area contributed by atoms with Crippen molar-refractivity contribution < 1.29 is 17.9 Å². The van der Waals surface area contributed by atoms with Gasteiger partial charge < -0.3 is 15.4 Å². The Bertz CT molecular complexity index is 711. The van der Waals surface area contributed by atoms with E-state index in [1.807, 2.05) is 45.9 Å². The third-order valence-electron chi connectivity index (χ3n) is 4.06. The predicted molar refractivity (Wildman–Crippen MR) is 98.3 cm³/mol. The first-order valence-corrected chi connectivity index (χ1v) is 10.0. The minimum atomic E-state index is -3.42. The van der Waals surface area contributed by atoms with Crippen LogP contribution in [0.15, 0.2) is 18.2 Å². The Morgan fingerprint density at radius 3 is 2.48 bits per heavy atom. The summed E-state index contributed by atoms with van der Waals surface area (Å²) < 4.78 is 31.8. The number of hydrogen-bond acceptors (Lipinski definition) is 4. The van der Waals surface area contributed by atoms with Crippen LogP contribution in [-0.2, 0) is 14.8 Å². The lowest BCUT2D eigenvalue weighted by Gasteiger charge is -2.34. The van der Waals surface area contributed by atoms with E-state index in [2.05, 4.69) is 10.6 Å². The number of morpholine rings is 1. The summed E-state index contributed by atoms with van der Waals surface area (Å²) in [4.78, 5) is 12.0. The molecule has 2 unspecified atom stereocenters. The zero-order chi connectivity index (χ0) is 18.6. The Balaban J connectivity index is 1.83. The fraction of sp³-hybridized carbons (Fsp3) is 0.588. The predicted octanol–water partition coefficient (Wildman–Crippen LogP) is 1.86. The van der Waals surface area contributed by atoms with Crippen molar-refractivity contribution >= 4 is 21.7 Å². The lowest BCUT2D eigenvalue weighted by atomic mass is 10.1. The van der Waals surface area contributed by atoms with Gasteiger partial charge in [0.2, 0.25) is 10.0 Å². The maximum Gasteiger partial charge on any atom is 0.319 e. The SMILES string of the molecule is Cc1ccc(NC(=O)NCCS(=O)(=O)N2CC(C)OC(C)C2)c(C)c1. The first-order valence-electron chi connectivity index (χ1n) is 8.43. The number of hydrogen-bond donors (Lipinski definition) is 2. The van der Waals surface area contributed by atoms with Crippen molar-refractivity contribution in [3.63, 3.8) is 0 Å². The molecule has 1 aromatic carbocycles. The first-order chi connectivity index (χ1) is 11.7. The van der Waals surface area contributed by atoms with Gasteiger partial charge in [-0.2, -0.15) is 4.31 Å². The number of rotatable bonds is 5. The second-order valence-electron chi connectivity index (χ2n) is 6.59. The number of benzene rings is 1. The normalized spacial score (nSPS) is 21.8. The molecule has 2 N–H and O–H groups in total. The number of amides is 2. The Labute approximate surface area is 149 Å². The smallest absolute Gasteiger partial charge is 0.319 e. The van der Waals surface area contributed by atoms with Gasteiger partial charge in [-0.3, -0.25) is 0 Å². The first kappa shape index (κ1) is 19.7. The van der Waals surface area contributed by atoms with Gasteiger partial charge in [-0.05, 0) is 39.3 Å². The third kappa shape index (κ3) is 5.69. The molecule has 1 aliphatic heterocycles. The van der Waals surface area contributed by atoms with Gasteiger partial charge >= 0.3 is 6.03 Å². The summed E-state index contributed by atoms with van der Waals surface area (Å²) in [5, 5.41) is 5.34. The molecule has 25 heavy (non-hydrogen) atoms. The van der Waals surface area contributed by atoms with Gasteiger partial charge in [0.1, 0.15) is 0 Å². The van der Waals surface area contributed by atoms with Crippen molar-refractivity contribution in [2.24, 2.45) is 0 Å². The summed E-state index contributed by atoms with van der Waals surface area (Å²) in [7, 11) is -3.42. The van der Waals surface area contributed by atoms with Gasteiger partial charge in [-0.25, -0.2) is 13.2 Å². The van der Waals surface area contributed by atoms with E-state index in [0.29, 0.717) is 18.8 Å². The van der Waals surface area contributed by atoms with E-state index in [-0.39, 0.29) is 24.5 Å². The van der Waals surface area contributed by atoms with Crippen LogP contribution in [0.25, 0.3) is 0 Å². The van der Waals surface area contributed by atoms with Crippen molar-refractivity contribution in [1.29, 1.82) is 0 Å². The number of sulfonamides is 1. The minimum absolute atomic E-state index is 0.0548. The average Bonchev–Trinajstić information content (AvgIpc) is 2.49. The molecule has 8 heteroatoms. The molecule has 7 nitrogen and oxygen atoms in total. The van der Waals surface area contributed by atoms with Gasteiger partial charge in [-0.15, -0.1) is 0 Å². The van der Waals surface area contributed by atoms with Crippen LogP contribution in [0.5, 0.6) is 0 Å². The van der Waals surface area contributed by atoms with Gasteiger partial charge in [-0.1, -0.05) is 17.7 Å². The monoisotopic (exact) mass is 369 g/mol. The van der Waals surface area contributed by atoms with Crippen LogP contribution < -0.4 is 10.6 Å². The molecule has 0 radical (unpaired) electrons. The zero-order valence-corrected chi connectivity index (χ0v) is 16.0. The Morgan fingerprint density at radius 2 is 1.88 bits per heavy atom. The summed E-state index contributed by atoms with van der Waals surface area (Å²) in [6, 6.07) is 5.30. The molecule has 0 spiro atoms. The van der Waals surface area contributed by atoms with Crippen molar-refractivity contribution in [2.45, 2.75) is 39.9 Å². The molecule has 1 aromatic rings. The fourth-order valence-corrected chi connectivity index (χ4v) is 4.39. The summed E-state index contributed by atoms with van der Waals surface area (Å²) in [6.07, 6.45) is -0.251. The molecule has 2 atom stereocenters. The van der Waals surface area contributed by atoms with Crippen LogP contribution in [-0.4, -0.2) is 56.3 Å². The number of nitrogens with zero attached hydrogens (tertiary/aromatic N) is 1. The molecule has 0 bridgehead atoms. The number of nitrogens with one attached hydrogen (secondary N) is 2. The number of ether oxygens (including phenoxy) is 1. The molecule has 1 heterocycles. The summed E-state index contributed by atoms with van der Waals surface area (Å²) in [5.41, 5.74) is 2.78. The highest BCUT2D eigenvalue weighted by Gasteiger charge is 2.30. The van der Waals surface area contributed by atoms with Crippen LogP contribution in [0, 0.1) is 13.8 Å². The Morgan fingerprint density at radius 1 is 1.24 bits per heavy atom. The van der Waals surface area contributed by atoms with E-state index in [1.165, 1.54) is 4.31 Å². The van der Waals surface area contributed by atoms with Crippen LogP contribution in [0.1, 0.15) is 25.0 Å². The van der Waals surface area contributed by atoms with Crippen LogP contribution >= 0.6 is 0 Å². The van der Waals surface area contributed by atoms with Crippen molar-refractivity contribution in [3.8, 4) is 0 Å². The van der Waals surface area contributed by atoms with Crippen molar-refractivity contribution in [2.75, 3.05) is 30.7 Å². The number of aryl methyl sites for hydroxylation is 2. The molecule has 2 amide bonds. The molecular weight excluding hydrogens is 342 g/mol. The molecular formula is C17H27N3O4S. The lowest BCUT2D eigenvalue weighted by molar-refractivity contribution is -0.0440. The summed E-state index contributed by atoms with van der Waals surface area (Å²) in [6.45, 7) is 8.35. The second-order valence-corrected chi connectivity index (χ2v) is 8.68. The fourth-order valence-electron chi connectivity index (χ4n) is 2.90. The molecule has 0 aromatic heterocycles. The quantitative estimate of drug-likeness (QED) is 0.829. The minimum Gasteiger partial charge on any atom is -0.373 e. The highest BCUT2D eigenvalue weighted by molar-refractivity contribution is 7.89. The molecule has 140 valence electrons. The van der Waals surface area contributed by atoms with Gasteiger partial charge in [0.15, 0.2) is 0 Å². The van der Waals surface area contributed by atoms with E-state index >= 15 is 0 Å². The van der Waals surface area contributed by atoms with Gasteiger partial charge in [0, 0.05) is 25.3 Å². The lowest BCUT2D eigenvalue weighted by Crippen LogP contribution is -2.49. The number of anilines is 1. The second kappa shape index (κ2) is 8.16. The highest BCUT2D eigenvalue weighted by atomic mass is 32.2. The van der Waals surface area contributed by atoms with Crippen LogP contribution in [0.2, 0.25) is 0 Å². The highest BCUT2D eigenvalue weighted by Crippen LogP contribution is 2.16. The van der Waals surface area contributed by atoms with E-state index in [1.54, 1.807) is 0 Å². The average molecular weight is 369 g/mol. The summed E-state index contributed by atoms with van der Waals surface area (Å²) >= 11 is 0. The maximum atomic E-state index is 12.4. The Kier molecular flexibility index (Phi) is 6.42. The summed E-state index contributed by atoms with van der Waals surface area (Å²) in [5.74, 6) is -0.132. The van der Waals surface area contributed by atoms with Crippen molar-refractivity contribution in [1.82, 2.24) is 9.62 Å². The number of carbonyl (C=O) groups is 1. The van der Waals surface area contributed by atoms with E-state index < -0.39 is 16.1 Å². The van der Waals surface area contributed by atoms with E-state index in [0.717, 1.165) is 11.1 Å². The third-order valence-corrected chi connectivity index (χ3v) is 5.86.